The summed E-state index contributed by atoms with van der Waals surface area (Å²) in [4.78, 5) is 39.5. The number of rotatable bonds is 5. The van der Waals surface area contributed by atoms with Gasteiger partial charge in [-0.3, -0.25) is 14.9 Å². The number of carbonyl (C=O) groups excluding carboxylic acids is 3. The molecule has 7 heteroatoms. The number of amides is 2. The summed E-state index contributed by atoms with van der Waals surface area (Å²) < 4.78 is 5.84. The van der Waals surface area contributed by atoms with Gasteiger partial charge in [0.15, 0.2) is 6.61 Å². The third kappa shape index (κ3) is 4.61. The Kier molecular flexibility index (Phi) is 5.50. The Bertz CT molecular complexity index is 946. The number of fused-ring (bicyclic) bond motifs is 1. The molecule has 130 valence electrons. The number of benzene rings is 2. The molecule has 0 spiro atoms. The van der Waals surface area contributed by atoms with Gasteiger partial charge in [0, 0.05) is 11.6 Å². The van der Waals surface area contributed by atoms with Gasteiger partial charge in [-0.25, -0.2) is 9.78 Å². The third-order valence-corrected chi connectivity index (χ3v) is 4.31. The summed E-state index contributed by atoms with van der Waals surface area (Å²) in [6, 6.07) is 15.9. The van der Waals surface area contributed by atoms with Crippen molar-refractivity contribution in [1.29, 1.82) is 0 Å². The van der Waals surface area contributed by atoms with Crippen molar-refractivity contribution in [2.45, 2.75) is 0 Å². The fourth-order valence-corrected chi connectivity index (χ4v) is 2.98. The van der Waals surface area contributed by atoms with Crippen molar-refractivity contribution in [2.75, 3.05) is 6.61 Å². The van der Waals surface area contributed by atoms with Gasteiger partial charge >= 0.3 is 5.97 Å². The summed E-state index contributed by atoms with van der Waals surface area (Å²) in [6.45, 7) is -0.540. The highest BCUT2D eigenvalue weighted by Crippen LogP contribution is 2.22. The molecule has 3 aromatic rings. The fourth-order valence-electron chi connectivity index (χ4n) is 2.11. The van der Waals surface area contributed by atoms with E-state index in [4.69, 9.17) is 4.74 Å². The number of esters is 1. The molecule has 26 heavy (non-hydrogen) atoms. The van der Waals surface area contributed by atoms with Crippen molar-refractivity contribution in [1.82, 2.24) is 10.3 Å². The maximum atomic E-state index is 11.8. The first kappa shape index (κ1) is 17.5. The van der Waals surface area contributed by atoms with E-state index in [-0.39, 0.29) is 0 Å². The lowest BCUT2D eigenvalue weighted by molar-refractivity contribution is -0.143. The quantitative estimate of drug-likeness (QED) is 0.554. The van der Waals surface area contributed by atoms with Gasteiger partial charge in [0.25, 0.3) is 11.8 Å². The van der Waals surface area contributed by atoms with Crippen LogP contribution in [-0.2, 0) is 14.3 Å². The third-order valence-electron chi connectivity index (χ3n) is 3.31. The summed E-state index contributed by atoms with van der Waals surface area (Å²) in [5, 5.41) is 2.81. The van der Waals surface area contributed by atoms with Crippen LogP contribution in [0.4, 0.5) is 0 Å². The van der Waals surface area contributed by atoms with Crippen LogP contribution in [0.15, 0.2) is 60.7 Å². The van der Waals surface area contributed by atoms with E-state index in [1.807, 2.05) is 24.3 Å². The summed E-state index contributed by atoms with van der Waals surface area (Å²) in [5.74, 6) is -1.93. The van der Waals surface area contributed by atoms with Gasteiger partial charge in [0.2, 0.25) is 0 Å². The second-order valence-corrected chi connectivity index (χ2v) is 6.27. The van der Waals surface area contributed by atoms with Crippen LogP contribution in [0.5, 0.6) is 0 Å². The fraction of sp³-hybridized carbons (Fsp3) is 0.0526. The molecule has 0 saturated heterocycles. The Morgan fingerprint density at radius 1 is 1.04 bits per heavy atom. The normalized spacial score (nSPS) is 10.8. The lowest BCUT2D eigenvalue weighted by Crippen LogP contribution is -2.33. The molecule has 1 aromatic heterocycles. The highest BCUT2D eigenvalue weighted by atomic mass is 32.1. The molecule has 1 N–H and O–H groups in total. The summed E-state index contributed by atoms with van der Waals surface area (Å²) in [6.07, 6.45) is 2.73. The van der Waals surface area contributed by atoms with E-state index in [1.165, 1.54) is 23.5 Å². The molecule has 0 atom stereocenters. The molecular formula is C19H14N2O4S. The van der Waals surface area contributed by atoms with Gasteiger partial charge in [-0.15, -0.1) is 11.3 Å². The Labute approximate surface area is 153 Å². The number of carbonyl (C=O) groups is 3. The van der Waals surface area contributed by atoms with E-state index >= 15 is 0 Å². The molecule has 1 heterocycles. The smallest absolute Gasteiger partial charge is 0.331 e. The van der Waals surface area contributed by atoms with Gasteiger partial charge < -0.3 is 4.74 Å². The molecular weight excluding hydrogens is 352 g/mol. The van der Waals surface area contributed by atoms with Crippen LogP contribution >= 0.6 is 11.3 Å². The Balaban J connectivity index is 1.48. The number of nitrogens with zero attached hydrogens (tertiary/aromatic N) is 1. The zero-order chi connectivity index (χ0) is 18.4. The monoisotopic (exact) mass is 366 g/mol. The van der Waals surface area contributed by atoms with Gasteiger partial charge in [-0.05, 0) is 30.3 Å². The second-order valence-electron chi connectivity index (χ2n) is 5.20. The summed E-state index contributed by atoms with van der Waals surface area (Å²) >= 11 is 1.44. The molecule has 0 aliphatic rings. The molecule has 0 unspecified atom stereocenters. The minimum Gasteiger partial charge on any atom is -0.452 e. The first-order chi connectivity index (χ1) is 12.6. The van der Waals surface area contributed by atoms with Crippen LogP contribution in [0.25, 0.3) is 16.3 Å². The predicted octanol–water partition coefficient (Wildman–Crippen LogP) is 2.81. The largest absolute Gasteiger partial charge is 0.452 e. The van der Waals surface area contributed by atoms with Gasteiger partial charge in [-0.1, -0.05) is 30.3 Å². The van der Waals surface area contributed by atoms with E-state index < -0.39 is 24.4 Å². The Hall–Kier alpha value is -3.32. The standard InChI is InChI=1S/C19H14N2O4S/c22-16(21-19(24)13-6-2-1-3-7-13)12-25-18(23)11-10-17-20-14-8-4-5-9-15(14)26-17/h1-11H,12H2,(H,21,22,24)/b11-10+. The van der Waals surface area contributed by atoms with E-state index in [9.17, 15) is 14.4 Å². The van der Waals surface area contributed by atoms with E-state index in [2.05, 4.69) is 10.3 Å². The van der Waals surface area contributed by atoms with Crippen molar-refractivity contribution >= 4 is 45.4 Å². The number of para-hydroxylation sites is 1. The van der Waals surface area contributed by atoms with E-state index in [1.54, 1.807) is 30.3 Å². The molecule has 2 aromatic carbocycles. The highest BCUT2D eigenvalue weighted by Gasteiger charge is 2.11. The first-order valence-electron chi connectivity index (χ1n) is 7.71. The SMILES string of the molecule is O=C(COC(=O)/C=C/c1nc2ccccc2s1)NC(=O)c1ccccc1. The first-order valence-corrected chi connectivity index (χ1v) is 8.53. The minimum absolute atomic E-state index is 0.350. The van der Waals surface area contributed by atoms with E-state index in [0.29, 0.717) is 10.6 Å². The van der Waals surface area contributed by atoms with Crippen LogP contribution < -0.4 is 5.32 Å². The van der Waals surface area contributed by atoms with Crippen molar-refractivity contribution in [3.63, 3.8) is 0 Å². The maximum Gasteiger partial charge on any atom is 0.331 e. The summed E-state index contributed by atoms with van der Waals surface area (Å²) in [5.41, 5.74) is 1.20. The number of thiazole rings is 1. The molecule has 2 amide bonds. The maximum absolute atomic E-state index is 11.8. The Morgan fingerprint density at radius 2 is 1.77 bits per heavy atom. The highest BCUT2D eigenvalue weighted by molar-refractivity contribution is 7.19. The molecule has 0 fully saturated rings. The van der Waals surface area contributed by atoms with Crippen LogP contribution in [0.3, 0.4) is 0 Å². The number of hydrogen-bond donors (Lipinski definition) is 1. The summed E-state index contributed by atoms with van der Waals surface area (Å²) in [7, 11) is 0. The lowest BCUT2D eigenvalue weighted by atomic mass is 10.2. The van der Waals surface area contributed by atoms with Crippen LogP contribution in [0.2, 0.25) is 0 Å². The number of imide groups is 1. The van der Waals surface area contributed by atoms with Crippen molar-refractivity contribution in [3.8, 4) is 0 Å². The minimum atomic E-state index is -0.694. The number of hydrogen-bond acceptors (Lipinski definition) is 6. The average molecular weight is 366 g/mol. The van der Waals surface area contributed by atoms with Crippen LogP contribution in [-0.4, -0.2) is 29.4 Å². The molecule has 0 bridgehead atoms. The van der Waals surface area contributed by atoms with Gasteiger partial charge in [0.1, 0.15) is 5.01 Å². The van der Waals surface area contributed by atoms with Crippen molar-refractivity contribution in [3.05, 3.63) is 71.2 Å². The lowest BCUT2D eigenvalue weighted by Gasteiger charge is -2.04. The Morgan fingerprint density at radius 3 is 2.54 bits per heavy atom. The molecule has 6 nitrogen and oxygen atoms in total. The molecule has 0 aliphatic heterocycles. The van der Waals surface area contributed by atoms with Crippen molar-refractivity contribution < 1.29 is 19.1 Å². The zero-order valence-corrected chi connectivity index (χ0v) is 14.4. The molecule has 0 saturated carbocycles. The topological polar surface area (TPSA) is 85.4 Å². The number of ether oxygens (including phenoxy) is 1. The van der Waals surface area contributed by atoms with E-state index in [0.717, 1.165) is 10.2 Å². The molecule has 0 aliphatic carbocycles. The van der Waals surface area contributed by atoms with Crippen LogP contribution in [0, 0.1) is 0 Å². The average Bonchev–Trinajstić information content (AvgIpc) is 3.08. The van der Waals surface area contributed by atoms with Gasteiger partial charge in [0.05, 0.1) is 10.2 Å². The van der Waals surface area contributed by atoms with Gasteiger partial charge in [-0.2, -0.15) is 0 Å². The number of nitrogens with one attached hydrogen (secondary N) is 1. The predicted molar refractivity (Wildman–Crippen MR) is 98.5 cm³/mol. The zero-order valence-electron chi connectivity index (χ0n) is 13.5. The van der Waals surface area contributed by atoms with Crippen LogP contribution in [0.1, 0.15) is 15.4 Å². The molecule has 0 radical (unpaired) electrons. The number of aromatic nitrogens is 1. The second kappa shape index (κ2) is 8.17. The molecule has 3 rings (SSSR count). The van der Waals surface area contributed by atoms with Crippen molar-refractivity contribution in [2.24, 2.45) is 0 Å².